The van der Waals surface area contributed by atoms with Crippen LogP contribution in [0.15, 0.2) is 23.0 Å². The lowest BCUT2D eigenvalue weighted by atomic mass is 9.86. The molecule has 1 N–H and O–H groups in total. The number of aromatic nitrogens is 2. The van der Waals surface area contributed by atoms with Gasteiger partial charge in [0.1, 0.15) is 11.6 Å². The van der Waals surface area contributed by atoms with Crippen molar-refractivity contribution in [1.82, 2.24) is 9.66 Å². The van der Waals surface area contributed by atoms with Crippen LogP contribution in [0.4, 0.5) is 4.39 Å². The van der Waals surface area contributed by atoms with Crippen LogP contribution in [-0.4, -0.2) is 15.6 Å². The van der Waals surface area contributed by atoms with Gasteiger partial charge in [-0.25, -0.2) is 14.1 Å². The number of carbonyl (C=O) groups is 1. The van der Waals surface area contributed by atoms with E-state index in [9.17, 15) is 14.0 Å². The van der Waals surface area contributed by atoms with E-state index in [4.69, 9.17) is 0 Å². The number of fused-ring (bicyclic) bond motifs is 3. The van der Waals surface area contributed by atoms with Gasteiger partial charge in [-0.15, -0.1) is 0 Å². The SMILES string of the molecule is O=C(C[C@H]1C[C@@H]2CC[C@H]1C2)Nn1c(C2CC2)nc2cc(F)ccc2c1=O. The highest BCUT2D eigenvalue weighted by molar-refractivity contribution is 5.85. The number of nitrogens with zero attached hydrogens (tertiary/aromatic N) is 2. The monoisotopic (exact) mass is 355 g/mol. The second-order valence-electron chi connectivity index (χ2n) is 8.22. The van der Waals surface area contributed by atoms with E-state index in [1.165, 1.54) is 42.1 Å². The molecule has 136 valence electrons. The second-order valence-corrected chi connectivity index (χ2v) is 8.22. The van der Waals surface area contributed by atoms with E-state index in [-0.39, 0.29) is 17.4 Å². The zero-order valence-electron chi connectivity index (χ0n) is 14.6. The third-order valence-corrected chi connectivity index (χ3v) is 6.37. The van der Waals surface area contributed by atoms with Crippen molar-refractivity contribution in [2.75, 3.05) is 5.43 Å². The molecule has 0 saturated heterocycles. The first-order valence-corrected chi connectivity index (χ1v) is 9.60. The molecule has 3 fully saturated rings. The Hall–Kier alpha value is -2.24. The number of amides is 1. The number of nitrogens with one attached hydrogen (secondary N) is 1. The molecule has 2 bridgehead atoms. The summed E-state index contributed by atoms with van der Waals surface area (Å²) < 4.78 is 14.8. The fourth-order valence-electron chi connectivity index (χ4n) is 4.93. The topological polar surface area (TPSA) is 64.0 Å². The van der Waals surface area contributed by atoms with Gasteiger partial charge in [0.25, 0.3) is 5.56 Å². The van der Waals surface area contributed by atoms with Crippen molar-refractivity contribution < 1.29 is 9.18 Å². The third kappa shape index (κ3) is 2.72. The third-order valence-electron chi connectivity index (χ3n) is 6.37. The molecular formula is C20H22FN3O2. The Morgan fingerprint density at radius 1 is 1.23 bits per heavy atom. The number of carbonyl (C=O) groups excluding carboxylic acids is 1. The van der Waals surface area contributed by atoms with E-state index in [0.717, 1.165) is 25.2 Å². The summed E-state index contributed by atoms with van der Waals surface area (Å²) in [5.74, 6) is 2.09. The molecule has 1 amide bonds. The van der Waals surface area contributed by atoms with Crippen molar-refractivity contribution in [3.63, 3.8) is 0 Å². The van der Waals surface area contributed by atoms with Crippen LogP contribution in [0.25, 0.3) is 10.9 Å². The minimum atomic E-state index is -0.413. The van der Waals surface area contributed by atoms with Crippen LogP contribution in [0.3, 0.4) is 0 Å². The quantitative estimate of drug-likeness (QED) is 0.915. The van der Waals surface area contributed by atoms with Gasteiger partial charge in [-0.3, -0.25) is 15.0 Å². The molecule has 5 nitrogen and oxygen atoms in total. The summed E-state index contributed by atoms with van der Waals surface area (Å²) in [5, 5.41) is 0.330. The first-order valence-electron chi connectivity index (χ1n) is 9.60. The molecule has 26 heavy (non-hydrogen) atoms. The summed E-state index contributed by atoms with van der Waals surface area (Å²) in [7, 11) is 0. The molecule has 1 aromatic carbocycles. The number of benzene rings is 1. The first kappa shape index (κ1) is 16.0. The maximum absolute atomic E-state index is 13.5. The lowest BCUT2D eigenvalue weighted by Gasteiger charge is -2.21. The number of halogens is 1. The van der Waals surface area contributed by atoms with Crippen LogP contribution in [0, 0.1) is 23.6 Å². The van der Waals surface area contributed by atoms with E-state index in [2.05, 4.69) is 10.4 Å². The Balaban J connectivity index is 1.45. The molecule has 0 aliphatic heterocycles. The van der Waals surface area contributed by atoms with Gasteiger partial charge >= 0.3 is 0 Å². The van der Waals surface area contributed by atoms with Crippen LogP contribution >= 0.6 is 0 Å². The molecule has 0 radical (unpaired) electrons. The average molecular weight is 355 g/mol. The van der Waals surface area contributed by atoms with Crippen LogP contribution in [-0.2, 0) is 4.79 Å². The number of hydrogen-bond donors (Lipinski definition) is 1. The van der Waals surface area contributed by atoms with Crippen LogP contribution in [0.1, 0.15) is 56.7 Å². The Kier molecular flexibility index (Phi) is 3.62. The predicted octanol–water partition coefficient (Wildman–Crippen LogP) is 3.31. The van der Waals surface area contributed by atoms with Gasteiger partial charge in [0.2, 0.25) is 5.91 Å². The smallest absolute Gasteiger partial charge is 0.273 e. The molecule has 1 aromatic heterocycles. The van der Waals surface area contributed by atoms with Gasteiger partial charge in [0, 0.05) is 18.4 Å². The molecule has 5 rings (SSSR count). The van der Waals surface area contributed by atoms with Gasteiger partial charge < -0.3 is 0 Å². The highest BCUT2D eigenvalue weighted by Crippen LogP contribution is 2.49. The normalized spacial score (nSPS) is 27.2. The first-order chi connectivity index (χ1) is 12.6. The summed E-state index contributed by atoms with van der Waals surface area (Å²) in [5.41, 5.74) is 2.84. The predicted molar refractivity (Wildman–Crippen MR) is 95.9 cm³/mol. The molecule has 2 aromatic rings. The van der Waals surface area contributed by atoms with Crippen LogP contribution in [0.2, 0.25) is 0 Å². The fourth-order valence-corrected chi connectivity index (χ4v) is 4.93. The molecule has 0 unspecified atom stereocenters. The summed E-state index contributed by atoms with van der Waals surface area (Å²) in [4.78, 5) is 30.0. The molecule has 3 aliphatic rings. The minimum Gasteiger partial charge on any atom is -0.273 e. The van der Waals surface area contributed by atoms with Crippen molar-refractivity contribution in [2.24, 2.45) is 17.8 Å². The largest absolute Gasteiger partial charge is 0.280 e. The van der Waals surface area contributed by atoms with Gasteiger partial charge in [-0.2, -0.15) is 0 Å². The number of rotatable bonds is 4. The molecular weight excluding hydrogens is 333 g/mol. The standard InChI is InChI=1S/C20H22FN3O2/c21-15-5-6-16-17(10-15)22-19(12-3-4-12)24(20(16)26)23-18(25)9-14-8-11-1-2-13(14)7-11/h5-6,10-14H,1-4,7-9H2,(H,23,25)/t11-,13+,14-/m1/s1. The minimum absolute atomic E-state index is 0.116. The summed E-state index contributed by atoms with van der Waals surface area (Å²) in [6.45, 7) is 0. The van der Waals surface area contributed by atoms with Crippen LogP contribution < -0.4 is 11.0 Å². The van der Waals surface area contributed by atoms with Crippen molar-refractivity contribution in [3.05, 3.63) is 40.2 Å². The summed E-state index contributed by atoms with van der Waals surface area (Å²) in [6.07, 6.45) is 7.29. The van der Waals surface area contributed by atoms with Gasteiger partial charge in [0.15, 0.2) is 0 Å². The second kappa shape index (κ2) is 5.89. The van der Waals surface area contributed by atoms with E-state index < -0.39 is 5.82 Å². The lowest BCUT2D eigenvalue weighted by Crippen LogP contribution is -2.37. The van der Waals surface area contributed by atoms with Gasteiger partial charge in [-0.05, 0) is 62.0 Å². The average Bonchev–Trinajstić information content (AvgIpc) is 3.25. The van der Waals surface area contributed by atoms with E-state index in [1.807, 2.05) is 0 Å². The van der Waals surface area contributed by atoms with Crippen molar-refractivity contribution in [2.45, 2.75) is 50.9 Å². The summed E-state index contributed by atoms with van der Waals surface area (Å²) >= 11 is 0. The van der Waals surface area contributed by atoms with Crippen molar-refractivity contribution in [1.29, 1.82) is 0 Å². The molecule has 1 heterocycles. The zero-order valence-corrected chi connectivity index (χ0v) is 14.6. The van der Waals surface area contributed by atoms with Crippen molar-refractivity contribution in [3.8, 4) is 0 Å². The van der Waals surface area contributed by atoms with Crippen molar-refractivity contribution >= 4 is 16.8 Å². The van der Waals surface area contributed by atoms with Gasteiger partial charge in [-0.1, -0.05) is 6.42 Å². The Bertz CT molecular complexity index is 950. The maximum Gasteiger partial charge on any atom is 0.280 e. The Morgan fingerprint density at radius 2 is 2.08 bits per heavy atom. The lowest BCUT2D eigenvalue weighted by molar-refractivity contribution is -0.118. The maximum atomic E-state index is 13.5. The Labute approximate surface area is 150 Å². The molecule has 0 spiro atoms. The van der Waals surface area contributed by atoms with Crippen LogP contribution in [0.5, 0.6) is 0 Å². The van der Waals surface area contributed by atoms with E-state index in [1.54, 1.807) is 0 Å². The van der Waals surface area contributed by atoms with E-state index >= 15 is 0 Å². The zero-order chi connectivity index (χ0) is 17.8. The summed E-state index contributed by atoms with van der Waals surface area (Å²) in [6, 6.07) is 3.98. The highest BCUT2D eigenvalue weighted by Gasteiger charge is 2.40. The molecule has 3 atom stereocenters. The number of hydrogen-bond acceptors (Lipinski definition) is 3. The molecule has 6 heteroatoms. The molecule has 3 aliphatic carbocycles. The van der Waals surface area contributed by atoms with Gasteiger partial charge in [0.05, 0.1) is 10.9 Å². The Morgan fingerprint density at radius 3 is 2.77 bits per heavy atom. The molecule has 3 saturated carbocycles. The van der Waals surface area contributed by atoms with E-state index in [0.29, 0.717) is 35.0 Å². The highest BCUT2D eigenvalue weighted by atomic mass is 19.1. The fraction of sp³-hybridized carbons (Fsp3) is 0.550.